The highest BCUT2D eigenvalue weighted by Gasteiger charge is 2.13. The molecule has 0 saturated carbocycles. The van der Waals surface area contributed by atoms with Crippen LogP contribution in [0.5, 0.6) is 11.5 Å². The third kappa shape index (κ3) is 6.18. The molecule has 0 unspecified atom stereocenters. The normalized spacial score (nSPS) is 10.9. The molecule has 0 aliphatic heterocycles. The smallest absolute Gasteiger partial charge is 0.341 e. The molecule has 4 rings (SSSR count). The highest BCUT2D eigenvalue weighted by molar-refractivity contribution is 14.1. The number of methoxy groups -OCH3 is 1. The number of benzene rings is 3. The fourth-order valence-electron chi connectivity index (χ4n) is 3.80. The van der Waals surface area contributed by atoms with Crippen LogP contribution in [0.25, 0.3) is 16.9 Å². The fourth-order valence-corrected chi connectivity index (χ4v) is 4.58. The van der Waals surface area contributed by atoms with E-state index in [9.17, 15) is 9.59 Å². The number of nitrogens with zero attached hydrogens (tertiary/aromatic N) is 2. The molecule has 37 heavy (non-hydrogen) atoms. The predicted octanol–water partition coefficient (Wildman–Crippen LogP) is 5.29. The number of carboxylic acid groups (broad SMARTS) is 1. The summed E-state index contributed by atoms with van der Waals surface area (Å²) in [5.41, 5.74) is 7.88. The van der Waals surface area contributed by atoms with Gasteiger partial charge in [0, 0.05) is 16.9 Å². The van der Waals surface area contributed by atoms with Crippen LogP contribution in [0.1, 0.15) is 21.6 Å². The number of hydrazone groups is 1. The molecule has 0 bridgehead atoms. The van der Waals surface area contributed by atoms with Gasteiger partial charge in [0.2, 0.25) is 0 Å². The molecule has 3 aromatic carbocycles. The molecule has 2 N–H and O–H groups in total. The van der Waals surface area contributed by atoms with Crippen LogP contribution in [0.2, 0.25) is 0 Å². The minimum atomic E-state index is -1.08. The number of hydrogen-bond acceptors (Lipinski definition) is 5. The predicted molar refractivity (Wildman–Crippen MR) is 150 cm³/mol. The Kier molecular flexibility index (Phi) is 8.24. The van der Waals surface area contributed by atoms with Gasteiger partial charge in [0.15, 0.2) is 18.1 Å². The molecule has 1 heterocycles. The number of aryl methyl sites for hydroxylation is 1. The number of carbonyl (C=O) groups is 2. The molecule has 4 aromatic rings. The van der Waals surface area contributed by atoms with E-state index in [0.717, 1.165) is 22.6 Å². The zero-order chi connectivity index (χ0) is 26.4. The Morgan fingerprint density at radius 1 is 1.05 bits per heavy atom. The monoisotopic (exact) mass is 609 g/mol. The summed E-state index contributed by atoms with van der Waals surface area (Å²) < 4.78 is 13.4. The number of nitrogens with one attached hydrogen (secondary N) is 1. The zero-order valence-electron chi connectivity index (χ0n) is 20.1. The number of carbonyl (C=O) groups excluding carboxylic acids is 1. The fraction of sp³-hybridized carbons (Fsp3) is 0.107. The zero-order valence-corrected chi connectivity index (χ0v) is 22.3. The summed E-state index contributed by atoms with van der Waals surface area (Å²) >= 11 is 2.02. The van der Waals surface area contributed by atoms with Crippen LogP contribution in [0, 0.1) is 10.5 Å². The van der Waals surface area contributed by atoms with Crippen molar-refractivity contribution in [2.45, 2.75) is 6.92 Å². The summed E-state index contributed by atoms with van der Waals surface area (Å²) in [6.07, 6.45) is 1.48. The third-order valence-electron chi connectivity index (χ3n) is 5.50. The molecule has 9 heteroatoms. The molecule has 0 radical (unpaired) electrons. The molecule has 188 valence electrons. The molecule has 0 saturated heterocycles. The summed E-state index contributed by atoms with van der Waals surface area (Å²) in [4.78, 5) is 23.5. The summed E-state index contributed by atoms with van der Waals surface area (Å²) in [6, 6.07) is 25.0. The van der Waals surface area contributed by atoms with Crippen molar-refractivity contribution in [1.82, 2.24) is 9.99 Å². The highest BCUT2D eigenvalue weighted by atomic mass is 127. The average molecular weight is 609 g/mol. The lowest BCUT2D eigenvalue weighted by atomic mass is 10.1. The topological polar surface area (TPSA) is 102 Å². The van der Waals surface area contributed by atoms with Crippen molar-refractivity contribution in [2.75, 3.05) is 13.7 Å². The molecule has 0 fully saturated rings. The minimum Gasteiger partial charge on any atom is -0.493 e. The lowest BCUT2D eigenvalue weighted by Crippen LogP contribution is -2.17. The molecular formula is C28H24IN3O5. The van der Waals surface area contributed by atoms with Crippen molar-refractivity contribution in [3.05, 3.63) is 99.3 Å². The number of hydrogen-bond donors (Lipinski definition) is 2. The lowest BCUT2D eigenvalue weighted by Gasteiger charge is -2.13. The lowest BCUT2D eigenvalue weighted by molar-refractivity contribution is -0.139. The van der Waals surface area contributed by atoms with Crippen LogP contribution in [0.3, 0.4) is 0 Å². The average Bonchev–Trinajstić information content (AvgIpc) is 3.29. The van der Waals surface area contributed by atoms with E-state index in [1.807, 2.05) is 59.8 Å². The number of ether oxygens (including phenoxy) is 2. The Balaban J connectivity index is 1.46. The Labute approximate surface area is 227 Å². The van der Waals surface area contributed by atoms with Crippen LogP contribution in [-0.2, 0) is 4.79 Å². The van der Waals surface area contributed by atoms with Gasteiger partial charge in [-0.05, 0) is 89.2 Å². The summed E-state index contributed by atoms with van der Waals surface area (Å²) in [5.74, 6) is -0.732. The van der Waals surface area contributed by atoms with Crippen LogP contribution in [0.15, 0.2) is 84.0 Å². The second-order valence-corrected chi connectivity index (χ2v) is 9.19. The number of rotatable bonds is 9. The molecule has 1 amide bonds. The van der Waals surface area contributed by atoms with E-state index in [2.05, 4.69) is 39.4 Å². The van der Waals surface area contributed by atoms with Crippen LogP contribution >= 0.6 is 22.6 Å². The Bertz CT molecular complexity index is 1450. The van der Waals surface area contributed by atoms with E-state index in [1.54, 1.807) is 24.3 Å². The van der Waals surface area contributed by atoms with Crippen LogP contribution in [-0.4, -0.2) is 41.5 Å². The maximum atomic E-state index is 12.6. The van der Waals surface area contributed by atoms with E-state index in [0.29, 0.717) is 26.2 Å². The van der Waals surface area contributed by atoms with Crippen molar-refractivity contribution in [3.8, 4) is 28.4 Å². The second kappa shape index (κ2) is 11.7. The third-order valence-corrected chi connectivity index (χ3v) is 6.31. The Morgan fingerprint density at radius 3 is 2.46 bits per heavy atom. The molecular weight excluding hydrogens is 585 g/mol. The molecule has 0 aliphatic carbocycles. The van der Waals surface area contributed by atoms with Gasteiger partial charge in [-0.25, -0.2) is 10.2 Å². The van der Waals surface area contributed by atoms with E-state index in [-0.39, 0.29) is 5.91 Å². The number of carboxylic acids is 1. The first-order valence-corrected chi connectivity index (χ1v) is 12.3. The number of amides is 1. The second-order valence-electron chi connectivity index (χ2n) is 8.02. The van der Waals surface area contributed by atoms with Gasteiger partial charge in [0.05, 0.1) is 22.6 Å². The van der Waals surface area contributed by atoms with E-state index >= 15 is 0 Å². The molecule has 8 nitrogen and oxygen atoms in total. The quantitative estimate of drug-likeness (QED) is 0.153. The van der Waals surface area contributed by atoms with E-state index in [1.165, 1.54) is 13.3 Å². The van der Waals surface area contributed by atoms with Gasteiger partial charge in [-0.3, -0.25) is 4.79 Å². The summed E-state index contributed by atoms with van der Waals surface area (Å²) in [7, 11) is 1.46. The first kappa shape index (κ1) is 26.0. The van der Waals surface area contributed by atoms with Crippen molar-refractivity contribution >= 4 is 40.7 Å². The number of halogens is 1. The number of aromatic nitrogens is 1. The van der Waals surface area contributed by atoms with Gasteiger partial charge in [-0.2, -0.15) is 5.10 Å². The molecule has 0 spiro atoms. The van der Waals surface area contributed by atoms with Crippen molar-refractivity contribution in [2.24, 2.45) is 5.10 Å². The van der Waals surface area contributed by atoms with Crippen molar-refractivity contribution < 1.29 is 24.2 Å². The van der Waals surface area contributed by atoms with Gasteiger partial charge in [0.1, 0.15) is 0 Å². The van der Waals surface area contributed by atoms with Crippen LogP contribution < -0.4 is 14.9 Å². The molecule has 1 aromatic heterocycles. The SMILES string of the molecule is COc1cc(/C=N/NC(=O)c2ccc(-n3c(C)ccc3-c3ccccc3)cc2)cc(I)c1OCC(=O)O. The standard InChI is InChI=1S/C28H24IN3O5/c1-18-8-13-24(20-6-4-3-5-7-20)32(18)22-11-9-21(10-12-22)28(35)31-30-16-19-14-23(29)27(25(15-19)36-2)37-17-26(33)34/h3-16H,17H2,1-2H3,(H,31,35)(H,33,34)/b30-16+. The first-order chi connectivity index (χ1) is 17.9. The van der Waals surface area contributed by atoms with Gasteiger partial charge in [0.25, 0.3) is 5.91 Å². The van der Waals surface area contributed by atoms with Gasteiger partial charge in [-0.1, -0.05) is 30.3 Å². The van der Waals surface area contributed by atoms with Gasteiger partial charge in [-0.15, -0.1) is 0 Å². The summed E-state index contributed by atoms with van der Waals surface area (Å²) in [6.45, 7) is 1.56. The molecule has 0 aliphatic rings. The number of aliphatic carboxylic acids is 1. The minimum absolute atomic E-state index is 0.333. The first-order valence-electron chi connectivity index (χ1n) is 11.3. The van der Waals surface area contributed by atoms with Gasteiger partial charge < -0.3 is 19.1 Å². The Hall–Kier alpha value is -4.12. The maximum Gasteiger partial charge on any atom is 0.341 e. The maximum absolute atomic E-state index is 12.6. The van der Waals surface area contributed by atoms with E-state index in [4.69, 9.17) is 14.6 Å². The van der Waals surface area contributed by atoms with Crippen molar-refractivity contribution in [1.29, 1.82) is 0 Å². The summed E-state index contributed by atoms with van der Waals surface area (Å²) in [5, 5.41) is 12.9. The molecule has 0 atom stereocenters. The van der Waals surface area contributed by atoms with Crippen LogP contribution in [0.4, 0.5) is 0 Å². The van der Waals surface area contributed by atoms with Crippen molar-refractivity contribution in [3.63, 3.8) is 0 Å². The Morgan fingerprint density at radius 2 is 1.78 bits per heavy atom. The largest absolute Gasteiger partial charge is 0.493 e. The van der Waals surface area contributed by atoms with E-state index < -0.39 is 12.6 Å². The van der Waals surface area contributed by atoms with Gasteiger partial charge >= 0.3 is 5.97 Å². The highest BCUT2D eigenvalue weighted by Crippen LogP contribution is 2.33.